The van der Waals surface area contributed by atoms with Gasteiger partial charge in [-0.2, -0.15) is 0 Å². The van der Waals surface area contributed by atoms with E-state index in [0.29, 0.717) is 17.1 Å². The van der Waals surface area contributed by atoms with Crippen molar-refractivity contribution >= 4 is 21.4 Å². The number of aryl methyl sites for hydroxylation is 1. The van der Waals surface area contributed by atoms with E-state index in [1.54, 1.807) is 37.4 Å². The number of benzene rings is 2. The number of hydrogen-bond acceptors (Lipinski definition) is 5. The molecule has 112 valence electrons. The summed E-state index contributed by atoms with van der Waals surface area (Å²) in [7, 11) is -2.08. The normalized spacial score (nSPS) is 11.0. The molecule has 0 bridgehead atoms. The second-order valence-corrected chi connectivity index (χ2v) is 6.14. The van der Waals surface area contributed by atoms with E-state index in [1.165, 1.54) is 12.1 Å². The van der Waals surface area contributed by atoms with Gasteiger partial charge in [0.15, 0.2) is 0 Å². The molecule has 0 aliphatic heterocycles. The molecule has 0 aliphatic rings. The number of ether oxygens (including phenoxy) is 1. The van der Waals surface area contributed by atoms with E-state index in [2.05, 4.69) is 10.1 Å². The minimum Gasteiger partial charge on any atom is -0.497 e. The second kappa shape index (κ2) is 6.02. The van der Waals surface area contributed by atoms with Crippen LogP contribution in [0, 0.1) is 6.92 Å². The van der Waals surface area contributed by atoms with Crippen LogP contribution in [-0.4, -0.2) is 15.5 Å². The molecule has 0 atom stereocenters. The van der Waals surface area contributed by atoms with Crippen molar-refractivity contribution in [2.75, 3.05) is 17.3 Å². The summed E-state index contributed by atoms with van der Waals surface area (Å²) >= 11 is 0. The van der Waals surface area contributed by atoms with E-state index in [-0.39, 0.29) is 4.90 Å². The SMILES string of the molecule is COc1ccc(NS(=O)(=O)c2ccc(NN)cc2)c(C)c1. The predicted molar refractivity (Wildman–Crippen MR) is 82.8 cm³/mol. The summed E-state index contributed by atoms with van der Waals surface area (Å²) in [5.41, 5.74) is 4.37. The minimum absolute atomic E-state index is 0.164. The molecule has 0 spiro atoms. The van der Waals surface area contributed by atoms with E-state index in [4.69, 9.17) is 10.6 Å². The van der Waals surface area contributed by atoms with Crippen LogP contribution in [0.2, 0.25) is 0 Å². The van der Waals surface area contributed by atoms with Crippen LogP contribution in [0.15, 0.2) is 47.4 Å². The van der Waals surface area contributed by atoms with Crippen molar-refractivity contribution in [3.63, 3.8) is 0 Å². The first-order valence-corrected chi connectivity index (χ1v) is 7.69. The highest BCUT2D eigenvalue weighted by molar-refractivity contribution is 7.92. The van der Waals surface area contributed by atoms with Gasteiger partial charge in [-0.3, -0.25) is 10.6 Å². The van der Waals surface area contributed by atoms with Gasteiger partial charge in [-0.15, -0.1) is 0 Å². The molecule has 0 radical (unpaired) electrons. The van der Waals surface area contributed by atoms with E-state index in [1.807, 2.05) is 6.92 Å². The average molecular weight is 307 g/mol. The van der Waals surface area contributed by atoms with Gasteiger partial charge in [-0.1, -0.05) is 0 Å². The summed E-state index contributed by atoms with van der Waals surface area (Å²) in [6.45, 7) is 1.81. The molecular weight excluding hydrogens is 290 g/mol. The fraction of sp³-hybridized carbons (Fsp3) is 0.143. The van der Waals surface area contributed by atoms with Gasteiger partial charge >= 0.3 is 0 Å². The van der Waals surface area contributed by atoms with Crippen molar-refractivity contribution < 1.29 is 13.2 Å². The molecule has 0 fully saturated rings. The molecule has 0 aliphatic carbocycles. The highest BCUT2D eigenvalue weighted by Gasteiger charge is 2.15. The number of hydrogen-bond donors (Lipinski definition) is 3. The Bertz CT molecular complexity index is 728. The quantitative estimate of drug-likeness (QED) is 0.581. The standard InChI is InChI=1S/C14H17N3O3S/c1-10-9-12(20-2)5-8-14(10)17-21(18,19)13-6-3-11(16-15)4-7-13/h3-9,16-17H,15H2,1-2H3. The van der Waals surface area contributed by atoms with Gasteiger partial charge in [0, 0.05) is 5.69 Å². The van der Waals surface area contributed by atoms with Crippen molar-refractivity contribution in [1.82, 2.24) is 0 Å². The van der Waals surface area contributed by atoms with Gasteiger partial charge < -0.3 is 10.2 Å². The number of methoxy groups -OCH3 is 1. The lowest BCUT2D eigenvalue weighted by molar-refractivity contribution is 0.414. The van der Waals surface area contributed by atoms with Crippen molar-refractivity contribution in [2.45, 2.75) is 11.8 Å². The third-order valence-corrected chi connectivity index (χ3v) is 4.39. The average Bonchev–Trinajstić information content (AvgIpc) is 2.49. The first-order valence-electron chi connectivity index (χ1n) is 6.20. The Kier molecular flexibility index (Phi) is 4.35. The summed E-state index contributed by atoms with van der Waals surface area (Å²) in [6, 6.07) is 11.3. The number of nitrogen functional groups attached to an aromatic ring is 1. The minimum atomic E-state index is -3.64. The Labute approximate surface area is 124 Å². The molecule has 0 amide bonds. The molecule has 0 saturated heterocycles. The highest BCUT2D eigenvalue weighted by atomic mass is 32.2. The van der Waals surface area contributed by atoms with Crippen LogP contribution in [0.4, 0.5) is 11.4 Å². The van der Waals surface area contributed by atoms with Crippen molar-refractivity contribution in [2.24, 2.45) is 5.84 Å². The number of rotatable bonds is 5. The Morgan fingerprint density at radius 1 is 1.10 bits per heavy atom. The molecule has 21 heavy (non-hydrogen) atoms. The summed E-state index contributed by atoms with van der Waals surface area (Å²) in [4.78, 5) is 0.164. The lowest BCUT2D eigenvalue weighted by atomic mass is 10.2. The lowest BCUT2D eigenvalue weighted by Crippen LogP contribution is -2.14. The third-order valence-electron chi connectivity index (χ3n) is 3.01. The summed E-state index contributed by atoms with van der Waals surface area (Å²) in [5, 5.41) is 0. The number of nitrogens with two attached hydrogens (primary N) is 1. The Morgan fingerprint density at radius 2 is 1.76 bits per heavy atom. The lowest BCUT2D eigenvalue weighted by Gasteiger charge is -2.12. The molecule has 2 rings (SSSR count). The fourth-order valence-electron chi connectivity index (χ4n) is 1.81. The number of hydrazine groups is 1. The Morgan fingerprint density at radius 3 is 2.29 bits per heavy atom. The highest BCUT2D eigenvalue weighted by Crippen LogP contribution is 2.24. The second-order valence-electron chi connectivity index (χ2n) is 4.46. The van der Waals surface area contributed by atoms with Gasteiger partial charge in [0.1, 0.15) is 5.75 Å². The molecule has 0 aromatic heterocycles. The summed E-state index contributed by atoms with van der Waals surface area (Å²) in [6.07, 6.45) is 0. The maximum atomic E-state index is 12.3. The van der Waals surface area contributed by atoms with Gasteiger partial charge in [0.2, 0.25) is 0 Å². The van der Waals surface area contributed by atoms with E-state index in [0.717, 1.165) is 5.56 Å². The van der Waals surface area contributed by atoms with Crippen molar-refractivity contribution in [3.05, 3.63) is 48.0 Å². The third kappa shape index (κ3) is 3.45. The van der Waals surface area contributed by atoms with Crippen LogP contribution >= 0.6 is 0 Å². The summed E-state index contributed by atoms with van der Waals surface area (Å²) in [5.74, 6) is 5.93. The van der Waals surface area contributed by atoms with Gasteiger partial charge in [-0.05, 0) is 55.0 Å². The molecule has 2 aromatic rings. The van der Waals surface area contributed by atoms with Gasteiger partial charge in [-0.25, -0.2) is 8.42 Å². The monoisotopic (exact) mass is 307 g/mol. The van der Waals surface area contributed by atoms with Crippen LogP contribution in [0.1, 0.15) is 5.56 Å². The smallest absolute Gasteiger partial charge is 0.261 e. The molecule has 2 aromatic carbocycles. The first-order chi connectivity index (χ1) is 9.96. The molecule has 0 heterocycles. The topological polar surface area (TPSA) is 93.4 Å². The van der Waals surface area contributed by atoms with E-state index in [9.17, 15) is 8.42 Å². The van der Waals surface area contributed by atoms with Crippen LogP contribution in [0.5, 0.6) is 5.75 Å². The van der Waals surface area contributed by atoms with Crippen molar-refractivity contribution in [1.29, 1.82) is 0 Å². The molecule has 6 nitrogen and oxygen atoms in total. The molecular formula is C14H17N3O3S. The van der Waals surface area contributed by atoms with Crippen LogP contribution < -0.4 is 20.7 Å². The van der Waals surface area contributed by atoms with Gasteiger partial charge in [0.05, 0.1) is 17.7 Å². The van der Waals surface area contributed by atoms with Crippen LogP contribution in [0.3, 0.4) is 0 Å². The van der Waals surface area contributed by atoms with Crippen molar-refractivity contribution in [3.8, 4) is 5.75 Å². The Balaban J connectivity index is 2.28. The van der Waals surface area contributed by atoms with E-state index >= 15 is 0 Å². The summed E-state index contributed by atoms with van der Waals surface area (Å²) < 4.78 is 32.3. The van der Waals surface area contributed by atoms with Crippen LogP contribution in [0.25, 0.3) is 0 Å². The molecule has 0 saturated carbocycles. The largest absolute Gasteiger partial charge is 0.497 e. The number of nitrogens with one attached hydrogen (secondary N) is 2. The molecule has 7 heteroatoms. The maximum Gasteiger partial charge on any atom is 0.261 e. The Hall–Kier alpha value is -2.25. The number of anilines is 2. The van der Waals surface area contributed by atoms with Crippen LogP contribution in [-0.2, 0) is 10.0 Å². The maximum absolute atomic E-state index is 12.3. The fourth-order valence-corrected chi connectivity index (χ4v) is 2.94. The van der Waals surface area contributed by atoms with Gasteiger partial charge in [0.25, 0.3) is 10.0 Å². The zero-order chi connectivity index (χ0) is 15.5. The number of sulfonamides is 1. The first kappa shape index (κ1) is 15.1. The molecule has 4 N–H and O–H groups in total. The predicted octanol–water partition coefficient (Wildman–Crippen LogP) is 2.09. The molecule has 0 unspecified atom stereocenters. The zero-order valence-corrected chi connectivity index (χ0v) is 12.6. The van der Waals surface area contributed by atoms with E-state index < -0.39 is 10.0 Å². The zero-order valence-electron chi connectivity index (χ0n) is 11.8.